The minimum absolute atomic E-state index is 0.00718. The highest BCUT2D eigenvalue weighted by molar-refractivity contribution is 5.97. The molecule has 0 atom stereocenters. The van der Waals surface area contributed by atoms with E-state index in [1.54, 1.807) is 12.1 Å². The summed E-state index contributed by atoms with van der Waals surface area (Å²) in [6.07, 6.45) is 1.52. The Morgan fingerprint density at radius 2 is 2.07 bits per heavy atom. The average molecular weight is 208 g/mol. The SMILES string of the molecule is N=C(N)c1ccccc1OCCCCO. The van der Waals surface area contributed by atoms with Crippen LogP contribution in [0.1, 0.15) is 18.4 Å². The molecular formula is C11H16N2O2. The molecule has 4 nitrogen and oxygen atoms in total. The van der Waals surface area contributed by atoms with Gasteiger partial charge in [-0.25, -0.2) is 0 Å². The van der Waals surface area contributed by atoms with Crippen LogP contribution in [0.15, 0.2) is 24.3 Å². The first-order valence-corrected chi connectivity index (χ1v) is 4.93. The van der Waals surface area contributed by atoms with Crippen molar-refractivity contribution in [2.75, 3.05) is 13.2 Å². The molecule has 0 aliphatic rings. The molecule has 4 heteroatoms. The Kier molecular flexibility index (Phi) is 4.63. The Hall–Kier alpha value is -1.55. The number of hydrogen-bond donors (Lipinski definition) is 3. The summed E-state index contributed by atoms with van der Waals surface area (Å²) in [5.74, 6) is 0.635. The number of amidine groups is 1. The molecule has 0 spiro atoms. The summed E-state index contributed by atoms with van der Waals surface area (Å²) in [6.45, 7) is 0.711. The number of aliphatic hydroxyl groups excluding tert-OH is 1. The summed E-state index contributed by atoms with van der Waals surface area (Å²) in [7, 11) is 0. The van der Waals surface area contributed by atoms with Gasteiger partial charge in [-0.05, 0) is 25.0 Å². The molecule has 1 rings (SSSR count). The van der Waals surface area contributed by atoms with Gasteiger partial charge in [0.05, 0.1) is 12.2 Å². The number of hydrogen-bond acceptors (Lipinski definition) is 3. The van der Waals surface area contributed by atoms with E-state index in [0.29, 0.717) is 17.9 Å². The van der Waals surface area contributed by atoms with E-state index < -0.39 is 0 Å². The molecule has 82 valence electrons. The fourth-order valence-corrected chi connectivity index (χ4v) is 1.21. The minimum Gasteiger partial charge on any atom is -0.493 e. The topological polar surface area (TPSA) is 79.3 Å². The fraction of sp³-hybridized carbons (Fsp3) is 0.364. The van der Waals surface area contributed by atoms with Gasteiger partial charge in [0.2, 0.25) is 0 Å². The van der Waals surface area contributed by atoms with E-state index in [2.05, 4.69) is 0 Å². The van der Waals surface area contributed by atoms with E-state index in [4.69, 9.17) is 21.0 Å². The Labute approximate surface area is 89.2 Å². The average Bonchev–Trinajstić information content (AvgIpc) is 2.25. The van der Waals surface area contributed by atoms with Crippen LogP contribution < -0.4 is 10.5 Å². The van der Waals surface area contributed by atoms with E-state index in [9.17, 15) is 0 Å². The molecule has 0 unspecified atom stereocenters. The van der Waals surface area contributed by atoms with E-state index in [1.165, 1.54) is 0 Å². The molecule has 0 amide bonds. The quantitative estimate of drug-likeness (QED) is 0.372. The zero-order chi connectivity index (χ0) is 11.1. The standard InChI is InChI=1S/C11H16N2O2/c12-11(13)9-5-1-2-6-10(9)15-8-4-3-7-14/h1-2,5-6,14H,3-4,7-8H2,(H3,12,13). The Morgan fingerprint density at radius 1 is 1.33 bits per heavy atom. The molecule has 0 aliphatic heterocycles. The molecule has 0 aliphatic carbocycles. The van der Waals surface area contributed by atoms with Crippen LogP contribution in [0.25, 0.3) is 0 Å². The van der Waals surface area contributed by atoms with Gasteiger partial charge in [0.25, 0.3) is 0 Å². The predicted molar refractivity (Wildman–Crippen MR) is 59.3 cm³/mol. The third-order valence-corrected chi connectivity index (χ3v) is 1.99. The fourth-order valence-electron chi connectivity index (χ4n) is 1.21. The molecule has 0 saturated carbocycles. The van der Waals surface area contributed by atoms with Crippen molar-refractivity contribution in [1.82, 2.24) is 0 Å². The van der Waals surface area contributed by atoms with Crippen LogP contribution in [0.2, 0.25) is 0 Å². The second-order valence-corrected chi connectivity index (χ2v) is 3.19. The normalized spacial score (nSPS) is 9.93. The summed E-state index contributed by atoms with van der Waals surface area (Å²) < 4.78 is 5.47. The number of benzene rings is 1. The van der Waals surface area contributed by atoms with Crippen LogP contribution in [0.4, 0.5) is 0 Å². The van der Waals surface area contributed by atoms with E-state index in [0.717, 1.165) is 12.8 Å². The first kappa shape index (κ1) is 11.5. The highest BCUT2D eigenvalue weighted by atomic mass is 16.5. The zero-order valence-corrected chi connectivity index (χ0v) is 8.57. The number of nitrogen functional groups attached to an aromatic ring is 1. The van der Waals surface area contributed by atoms with Crippen molar-refractivity contribution in [2.45, 2.75) is 12.8 Å². The number of para-hydroxylation sites is 1. The van der Waals surface area contributed by atoms with Crippen LogP contribution in [-0.2, 0) is 0 Å². The number of nitrogens with one attached hydrogen (secondary N) is 1. The lowest BCUT2D eigenvalue weighted by atomic mass is 10.2. The lowest BCUT2D eigenvalue weighted by Gasteiger charge is -2.09. The van der Waals surface area contributed by atoms with Crippen LogP contribution in [-0.4, -0.2) is 24.2 Å². The zero-order valence-electron chi connectivity index (χ0n) is 8.57. The molecule has 4 N–H and O–H groups in total. The highest BCUT2D eigenvalue weighted by Crippen LogP contribution is 2.17. The molecule has 0 fully saturated rings. The number of unbranched alkanes of at least 4 members (excludes halogenated alkanes) is 1. The van der Waals surface area contributed by atoms with Gasteiger partial charge in [-0.15, -0.1) is 0 Å². The van der Waals surface area contributed by atoms with Gasteiger partial charge >= 0.3 is 0 Å². The van der Waals surface area contributed by atoms with Crippen molar-refractivity contribution >= 4 is 5.84 Å². The van der Waals surface area contributed by atoms with Crippen LogP contribution in [0, 0.1) is 5.41 Å². The van der Waals surface area contributed by atoms with E-state index in [-0.39, 0.29) is 12.4 Å². The molecule has 0 heterocycles. The Bertz CT molecular complexity index is 326. The maximum atomic E-state index is 8.60. The van der Waals surface area contributed by atoms with E-state index >= 15 is 0 Å². The van der Waals surface area contributed by atoms with Crippen molar-refractivity contribution in [2.24, 2.45) is 5.73 Å². The first-order chi connectivity index (χ1) is 7.25. The third kappa shape index (κ3) is 3.59. The summed E-state index contributed by atoms with van der Waals surface area (Å²) in [4.78, 5) is 0. The van der Waals surface area contributed by atoms with Crippen LogP contribution in [0.5, 0.6) is 5.75 Å². The monoisotopic (exact) mass is 208 g/mol. The van der Waals surface area contributed by atoms with Gasteiger partial charge < -0.3 is 15.6 Å². The maximum Gasteiger partial charge on any atom is 0.130 e. The first-order valence-electron chi connectivity index (χ1n) is 4.93. The molecule has 1 aromatic rings. The molecule has 1 aromatic carbocycles. The molecular weight excluding hydrogens is 192 g/mol. The van der Waals surface area contributed by atoms with Gasteiger partial charge in [0.1, 0.15) is 11.6 Å². The van der Waals surface area contributed by atoms with Gasteiger partial charge in [-0.1, -0.05) is 12.1 Å². The minimum atomic E-state index is 0.00718. The molecule has 0 radical (unpaired) electrons. The van der Waals surface area contributed by atoms with Crippen molar-refractivity contribution in [1.29, 1.82) is 5.41 Å². The van der Waals surface area contributed by atoms with Gasteiger partial charge in [0, 0.05) is 6.61 Å². The smallest absolute Gasteiger partial charge is 0.130 e. The third-order valence-electron chi connectivity index (χ3n) is 1.99. The summed E-state index contributed by atoms with van der Waals surface area (Å²) in [5, 5.41) is 15.9. The molecule has 0 bridgehead atoms. The molecule has 0 saturated heterocycles. The van der Waals surface area contributed by atoms with Crippen LogP contribution >= 0.6 is 0 Å². The Balaban J connectivity index is 2.56. The van der Waals surface area contributed by atoms with Crippen molar-refractivity contribution < 1.29 is 9.84 Å². The van der Waals surface area contributed by atoms with Crippen molar-refractivity contribution in [3.8, 4) is 5.75 Å². The maximum absolute atomic E-state index is 8.60. The summed E-state index contributed by atoms with van der Waals surface area (Å²) in [5.41, 5.74) is 6.02. The lowest BCUT2D eigenvalue weighted by molar-refractivity contribution is 0.253. The second kappa shape index (κ2) is 6.03. The second-order valence-electron chi connectivity index (χ2n) is 3.19. The highest BCUT2D eigenvalue weighted by Gasteiger charge is 2.04. The molecule has 15 heavy (non-hydrogen) atoms. The summed E-state index contributed by atoms with van der Waals surface area (Å²) in [6, 6.07) is 7.20. The lowest BCUT2D eigenvalue weighted by Crippen LogP contribution is -2.13. The van der Waals surface area contributed by atoms with Crippen LogP contribution in [0.3, 0.4) is 0 Å². The number of nitrogens with two attached hydrogens (primary N) is 1. The van der Waals surface area contributed by atoms with Gasteiger partial charge in [-0.3, -0.25) is 5.41 Å². The molecule has 0 aromatic heterocycles. The largest absolute Gasteiger partial charge is 0.493 e. The number of ether oxygens (including phenoxy) is 1. The van der Waals surface area contributed by atoms with E-state index in [1.807, 2.05) is 12.1 Å². The van der Waals surface area contributed by atoms with Gasteiger partial charge in [-0.2, -0.15) is 0 Å². The Morgan fingerprint density at radius 3 is 2.73 bits per heavy atom. The van der Waals surface area contributed by atoms with Crippen molar-refractivity contribution in [3.63, 3.8) is 0 Å². The van der Waals surface area contributed by atoms with Crippen molar-refractivity contribution in [3.05, 3.63) is 29.8 Å². The van der Waals surface area contributed by atoms with Gasteiger partial charge in [0.15, 0.2) is 0 Å². The number of aliphatic hydroxyl groups is 1. The predicted octanol–water partition coefficient (Wildman–Crippen LogP) is 1.12. The summed E-state index contributed by atoms with van der Waals surface area (Å²) >= 11 is 0. The number of rotatable bonds is 6.